The predicted molar refractivity (Wildman–Crippen MR) is 342 cm³/mol. The maximum Gasteiger partial charge on any atom is 0.317 e. The number of nitrogens with one attached hydrogen (secondary N) is 2. The number of aliphatic hydroxyl groups is 14. The summed E-state index contributed by atoms with van der Waals surface area (Å²) in [6.07, 6.45) is -24.3. The van der Waals surface area contributed by atoms with E-state index in [2.05, 4.69) is 58.3 Å². The van der Waals surface area contributed by atoms with Crippen molar-refractivity contribution in [3.05, 3.63) is 11.6 Å². The highest BCUT2D eigenvalue weighted by Gasteiger charge is 2.88. The van der Waals surface area contributed by atoms with Gasteiger partial charge >= 0.3 is 5.97 Å². The van der Waals surface area contributed by atoms with Crippen molar-refractivity contribution >= 4 is 24.1 Å². The van der Waals surface area contributed by atoms with E-state index in [0.717, 1.165) is 11.9 Å². The molecule has 34 atom stereocenters. The number of amides is 2. The third-order valence-corrected chi connectivity index (χ3v) is 27.2. The Balaban J connectivity index is 0.875. The second kappa shape index (κ2) is 28.8. The molecule has 98 heavy (non-hydrogen) atoms. The van der Waals surface area contributed by atoms with Gasteiger partial charge in [-0.25, -0.2) is 0 Å². The molecule has 28 heteroatoms. The first-order valence-electron chi connectivity index (χ1n) is 35.8. The molecule has 0 aromatic rings. The number of ether oxygens (including phenoxy) is 8. The van der Waals surface area contributed by atoms with Crippen molar-refractivity contribution in [2.45, 2.75) is 307 Å². The van der Waals surface area contributed by atoms with E-state index in [1.807, 2.05) is 27.7 Å². The number of fused-ring (bicyclic) bond motifs is 10. The first kappa shape index (κ1) is 77.6. The molecule has 28 nitrogen and oxygen atoms in total. The van der Waals surface area contributed by atoms with Crippen LogP contribution < -0.4 is 10.6 Å². The first-order valence-corrected chi connectivity index (χ1v) is 35.8. The van der Waals surface area contributed by atoms with Crippen molar-refractivity contribution in [3.8, 4) is 0 Å². The van der Waals surface area contributed by atoms with Crippen LogP contribution in [-0.2, 0) is 57.1 Å². The van der Waals surface area contributed by atoms with Crippen LogP contribution in [0.1, 0.15) is 166 Å². The van der Waals surface area contributed by atoms with Gasteiger partial charge in [0.1, 0.15) is 79.3 Å². The first-order chi connectivity index (χ1) is 45.9. The Morgan fingerprint density at radius 1 is 0.714 bits per heavy atom. The minimum atomic E-state index is -2.18. The number of carbonyl (C=O) groups excluding carboxylic acids is 4. The summed E-state index contributed by atoms with van der Waals surface area (Å²) in [5.74, 6) is -5.69. The van der Waals surface area contributed by atoms with Crippen molar-refractivity contribution in [1.82, 2.24) is 10.6 Å². The summed E-state index contributed by atoms with van der Waals surface area (Å²) >= 11 is 0. The predicted octanol–water partition coefficient (Wildman–Crippen LogP) is -0.624. The van der Waals surface area contributed by atoms with Crippen LogP contribution in [0.25, 0.3) is 0 Å². The summed E-state index contributed by atoms with van der Waals surface area (Å²) in [6, 6.07) is -2.38. The molecule has 0 aromatic carbocycles. The van der Waals surface area contributed by atoms with Crippen LogP contribution in [0.3, 0.4) is 0 Å². The van der Waals surface area contributed by atoms with Crippen LogP contribution in [0.2, 0.25) is 0 Å². The van der Waals surface area contributed by atoms with Crippen molar-refractivity contribution in [3.63, 3.8) is 0 Å². The highest BCUT2D eigenvalue weighted by Crippen LogP contribution is 2.89. The number of aliphatic hydroxyl groups excluding tert-OH is 13. The number of hydrogen-bond donors (Lipinski definition) is 16. The Bertz CT molecular complexity index is 2880. The molecule has 4 saturated heterocycles. The van der Waals surface area contributed by atoms with Crippen LogP contribution in [0.4, 0.5) is 0 Å². The van der Waals surface area contributed by atoms with Crippen molar-refractivity contribution in [2.75, 3.05) is 26.4 Å². The molecule has 10 rings (SSSR count). The molecule has 0 aromatic heterocycles. The lowest BCUT2D eigenvalue weighted by Crippen LogP contribution is -2.86. The van der Waals surface area contributed by atoms with E-state index in [0.29, 0.717) is 51.4 Å². The number of hydrogen-bond acceptors (Lipinski definition) is 26. The summed E-state index contributed by atoms with van der Waals surface area (Å²) < 4.78 is 47.8. The van der Waals surface area contributed by atoms with E-state index in [-0.39, 0.29) is 60.2 Å². The smallest absolute Gasteiger partial charge is 0.317 e. The van der Waals surface area contributed by atoms with Gasteiger partial charge in [-0.05, 0) is 121 Å². The Labute approximate surface area is 573 Å². The molecule has 9 fully saturated rings. The third kappa shape index (κ3) is 12.8. The Kier molecular flexibility index (Phi) is 22.8. The van der Waals surface area contributed by atoms with Crippen molar-refractivity contribution in [1.29, 1.82) is 0 Å². The molecule has 0 bridgehead atoms. The molecule has 2 amide bonds. The summed E-state index contributed by atoms with van der Waals surface area (Å²) in [7, 11) is 0. The van der Waals surface area contributed by atoms with Gasteiger partial charge in [-0.2, -0.15) is 0 Å². The van der Waals surface area contributed by atoms with Crippen LogP contribution in [0, 0.1) is 67.5 Å². The zero-order valence-electron chi connectivity index (χ0n) is 58.6. The lowest BCUT2D eigenvalue weighted by Gasteiger charge is -2.86. The fraction of sp³-hybridized carbons (Fsp3) is 0.914. The van der Waals surface area contributed by atoms with E-state index in [4.69, 9.17) is 37.9 Å². The molecular formula is C70H114N2O26. The number of rotatable bonds is 25. The fourth-order valence-electron chi connectivity index (χ4n) is 20.4. The molecule has 6 aliphatic carbocycles. The fourth-order valence-corrected chi connectivity index (χ4v) is 20.4. The van der Waals surface area contributed by atoms with E-state index >= 15 is 4.79 Å². The Morgan fingerprint density at radius 2 is 1.36 bits per heavy atom. The Hall–Kier alpha value is -3.02. The molecule has 0 radical (unpaired) electrons. The second-order valence-electron chi connectivity index (χ2n) is 32.8. The lowest BCUT2D eigenvalue weighted by molar-refractivity contribution is -0.397. The third-order valence-electron chi connectivity index (χ3n) is 27.2. The van der Waals surface area contributed by atoms with E-state index in [9.17, 15) is 85.9 Å². The SMILES string of the molecule is CC[C@H](C)[C@H](C[C@H](O)CC(=O)N[C@H]1C(CO)O[C@@H](OC(=O)[C@]23CCC(C)(C)CC2C2=CCC4C5(C)[C@@H](CC[C@@]4(C)[C@]2(C)CC3O)[C@@]2(C=O)[C@@H](O)CC52C)C(O[C@@H]2OC(C)[C@H](O[C@@H]3OC[C@@H](O)C(O)C3O)C(O)C2O)C1O)NC(=O)C[C@@H](O)C[C@H](OC1(O)CO[C@@H](CO)C1O)[C@@H](C)CC. The molecule has 16 N–H and O–H groups in total. The zero-order valence-corrected chi connectivity index (χ0v) is 58.6. The maximum atomic E-state index is 15.9. The average molecular weight is 1400 g/mol. The van der Waals surface area contributed by atoms with Gasteiger partial charge in [-0.1, -0.05) is 93.7 Å². The normalized spacial score (nSPS) is 48.2. The van der Waals surface area contributed by atoms with Gasteiger partial charge in [-0.15, -0.1) is 0 Å². The van der Waals surface area contributed by atoms with Gasteiger partial charge in [0, 0.05) is 12.5 Å². The Morgan fingerprint density at radius 3 is 1.99 bits per heavy atom. The molecule has 4 aliphatic heterocycles. The molecule has 15 unspecified atom stereocenters. The molecule has 4 heterocycles. The monoisotopic (exact) mass is 1400 g/mol. The van der Waals surface area contributed by atoms with Gasteiger partial charge in [0.15, 0.2) is 18.7 Å². The maximum absolute atomic E-state index is 15.9. The van der Waals surface area contributed by atoms with E-state index in [1.165, 1.54) is 6.92 Å². The zero-order chi connectivity index (χ0) is 72.1. The molecular weight excluding hydrogens is 1280 g/mol. The minimum absolute atomic E-state index is 0.0313. The number of allylic oxidation sites excluding steroid dienone is 2. The summed E-state index contributed by atoms with van der Waals surface area (Å²) in [4.78, 5) is 56.8. The van der Waals surface area contributed by atoms with Gasteiger partial charge < -0.3 is 125 Å². The van der Waals surface area contributed by atoms with E-state index < -0.39 is 231 Å². The van der Waals surface area contributed by atoms with Crippen LogP contribution in [0.5, 0.6) is 0 Å². The van der Waals surface area contributed by atoms with Gasteiger partial charge in [-0.3, -0.25) is 14.4 Å². The van der Waals surface area contributed by atoms with Gasteiger partial charge in [0.25, 0.3) is 0 Å². The quantitative estimate of drug-likeness (QED) is 0.0234. The highest BCUT2D eigenvalue weighted by molar-refractivity contribution is 5.80. The second-order valence-corrected chi connectivity index (χ2v) is 32.8. The molecule has 5 saturated carbocycles. The van der Waals surface area contributed by atoms with Crippen LogP contribution >= 0.6 is 0 Å². The minimum Gasteiger partial charge on any atom is -0.432 e. The lowest BCUT2D eigenvalue weighted by atomic mass is 9.17. The topological polar surface area (TPSA) is 449 Å². The van der Waals surface area contributed by atoms with Crippen LogP contribution in [-0.4, -0.2) is 262 Å². The standard InChI is InChI=1S/C70H114N2O26/c1-12-32(3)39(71-48(81)23-36(77)21-41(33(4)13-2)98-70(90)31-92-43(28-74)58(70)88)20-35(76)22-49(82)72-50-42(27-73)94-61(57(52(50)84)96-60-55(87)53(85)56(34(5)93-60)95-59-54(86)51(83)40(78)29-91-59)97-62(89)68-19-18-63(6,7)24-38(68)37-14-15-44-64(8,65(37,9)25-46(68)79)17-16-45-67(44,11)66(10)26-47(80)69(45,66)30-75/h14,30,32-36,38-47,50-61,73-74,76-80,83-88,90H,12-13,15-29,31H2,1-11H3,(H,71,81)(H,72,82)/t32-,33-,34?,35-,36-,38?,39-,40+,41-,42?,43-,44?,45+,46?,47-,50-,51?,52?,53?,54?,55?,56-,57?,58?,59-,60-,61-,64+,65+,66?,67?,68+,69-,70?/m0/s1. The molecule has 10 aliphatic rings. The van der Waals surface area contributed by atoms with E-state index in [1.54, 1.807) is 0 Å². The summed E-state index contributed by atoms with van der Waals surface area (Å²) in [6.45, 7) is 19.5. The summed E-state index contributed by atoms with van der Waals surface area (Å²) in [5.41, 5.74) is -3.62. The summed E-state index contributed by atoms with van der Waals surface area (Å²) in [5, 5.41) is 162. The number of carbonyl (C=O) groups is 4. The number of esters is 1. The van der Waals surface area contributed by atoms with Crippen LogP contribution in [0.15, 0.2) is 11.6 Å². The van der Waals surface area contributed by atoms with Crippen molar-refractivity contribution < 1.29 is 129 Å². The largest absolute Gasteiger partial charge is 0.432 e. The van der Waals surface area contributed by atoms with Gasteiger partial charge in [0.2, 0.25) is 23.9 Å². The highest BCUT2D eigenvalue weighted by atomic mass is 16.8. The molecule has 0 spiro atoms. The number of aldehydes is 1. The van der Waals surface area contributed by atoms with Gasteiger partial charge in [0.05, 0.1) is 80.7 Å². The van der Waals surface area contributed by atoms with Crippen molar-refractivity contribution in [2.24, 2.45) is 67.5 Å². The average Bonchev–Trinajstić information content (AvgIpc) is 0.652. The molecule has 560 valence electrons.